The van der Waals surface area contributed by atoms with Crippen LogP contribution in [-0.4, -0.2) is 26.0 Å². The van der Waals surface area contributed by atoms with E-state index >= 15 is 0 Å². The molecule has 3 heteroatoms. The Morgan fingerprint density at radius 2 is 2.17 bits per heavy atom. The molecule has 68 valence electrons. The molecule has 2 N–H and O–H groups in total. The summed E-state index contributed by atoms with van der Waals surface area (Å²) in [4.78, 5) is 11.2. The maximum absolute atomic E-state index is 11.2. The van der Waals surface area contributed by atoms with Gasteiger partial charge in [0.1, 0.15) is 0 Å². The van der Waals surface area contributed by atoms with E-state index < -0.39 is 5.41 Å². The predicted molar refractivity (Wildman–Crippen MR) is 49.6 cm³/mol. The Balaban J connectivity index is 3.88. The molecular formula is C9H16N2O. The summed E-state index contributed by atoms with van der Waals surface area (Å²) in [5.41, 5.74) is -0.397. The van der Waals surface area contributed by atoms with Gasteiger partial charge < -0.3 is 10.6 Å². The first-order chi connectivity index (χ1) is 5.54. The van der Waals surface area contributed by atoms with Crippen LogP contribution in [0.5, 0.6) is 0 Å². The van der Waals surface area contributed by atoms with E-state index in [1.165, 1.54) is 0 Å². The average Bonchev–Trinajstić information content (AvgIpc) is 2.03. The first kappa shape index (κ1) is 11.0. The van der Waals surface area contributed by atoms with Gasteiger partial charge in [-0.2, -0.15) is 0 Å². The van der Waals surface area contributed by atoms with Crippen molar-refractivity contribution in [1.29, 1.82) is 0 Å². The van der Waals surface area contributed by atoms with Gasteiger partial charge in [-0.05, 0) is 13.8 Å². The van der Waals surface area contributed by atoms with Gasteiger partial charge in [0.25, 0.3) is 0 Å². The molecule has 0 atom stereocenters. The van der Waals surface area contributed by atoms with Crippen LogP contribution in [0.15, 0.2) is 0 Å². The molecule has 0 bridgehead atoms. The summed E-state index contributed by atoms with van der Waals surface area (Å²) in [5.74, 6) is 2.47. The zero-order valence-corrected chi connectivity index (χ0v) is 7.90. The van der Waals surface area contributed by atoms with Crippen LogP contribution in [-0.2, 0) is 4.79 Å². The fourth-order valence-corrected chi connectivity index (χ4v) is 0.866. The van der Waals surface area contributed by atoms with E-state index in [4.69, 9.17) is 6.42 Å². The number of hydrogen-bond donors (Lipinski definition) is 2. The highest BCUT2D eigenvalue weighted by Crippen LogP contribution is 2.12. The minimum Gasteiger partial charge on any atom is -0.359 e. The SMILES string of the molecule is C#CCNCC(C)(C)C(=O)NC. The molecule has 0 aromatic heterocycles. The molecule has 1 amide bonds. The van der Waals surface area contributed by atoms with E-state index in [0.717, 1.165) is 0 Å². The Labute approximate surface area is 73.9 Å². The number of hydrogen-bond acceptors (Lipinski definition) is 2. The van der Waals surface area contributed by atoms with Crippen molar-refractivity contribution >= 4 is 5.91 Å². The maximum atomic E-state index is 11.2. The van der Waals surface area contributed by atoms with E-state index in [2.05, 4.69) is 16.6 Å². The second kappa shape index (κ2) is 4.78. The van der Waals surface area contributed by atoms with Crippen molar-refractivity contribution in [3.63, 3.8) is 0 Å². The van der Waals surface area contributed by atoms with E-state index in [9.17, 15) is 4.79 Å². The Kier molecular flexibility index (Phi) is 4.38. The molecule has 0 heterocycles. The number of carbonyl (C=O) groups is 1. The first-order valence-electron chi connectivity index (χ1n) is 3.91. The summed E-state index contributed by atoms with van der Waals surface area (Å²) >= 11 is 0. The molecular weight excluding hydrogens is 152 g/mol. The van der Waals surface area contributed by atoms with E-state index in [1.807, 2.05) is 13.8 Å². The van der Waals surface area contributed by atoms with Gasteiger partial charge >= 0.3 is 0 Å². The minimum atomic E-state index is -0.397. The smallest absolute Gasteiger partial charge is 0.226 e. The molecule has 0 radical (unpaired) electrons. The highest BCUT2D eigenvalue weighted by Gasteiger charge is 2.25. The van der Waals surface area contributed by atoms with Gasteiger partial charge in [-0.1, -0.05) is 5.92 Å². The molecule has 0 aliphatic heterocycles. The summed E-state index contributed by atoms with van der Waals surface area (Å²) in [7, 11) is 1.63. The van der Waals surface area contributed by atoms with Crippen LogP contribution < -0.4 is 10.6 Å². The van der Waals surface area contributed by atoms with Crippen molar-refractivity contribution < 1.29 is 4.79 Å². The third-order valence-corrected chi connectivity index (χ3v) is 1.64. The third-order valence-electron chi connectivity index (χ3n) is 1.64. The molecule has 3 nitrogen and oxygen atoms in total. The number of nitrogens with one attached hydrogen (secondary N) is 2. The molecule has 0 fully saturated rings. The largest absolute Gasteiger partial charge is 0.359 e. The Morgan fingerprint density at radius 1 is 1.58 bits per heavy atom. The highest BCUT2D eigenvalue weighted by atomic mass is 16.2. The zero-order chi connectivity index (χ0) is 9.61. The molecule has 0 aromatic rings. The van der Waals surface area contributed by atoms with Crippen LogP contribution in [0.2, 0.25) is 0 Å². The third kappa shape index (κ3) is 3.40. The zero-order valence-electron chi connectivity index (χ0n) is 7.90. The first-order valence-corrected chi connectivity index (χ1v) is 3.91. The topological polar surface area (TPSA) is 41.1 Å². The fraction of sp³-hybridized carbons (Fsp3) is 0.667. The van der Waals surface area contributed by atoms with Crippen LogP contribution in [0.4, 0.5) is 0 Å². The van der Waals surface area contributed by atoms with Gasteiger partial charge in [0, 0.05) is 13.6 Å². The second-order valence-corrected chi connectivity index (χ2v) is 3.27. The maximum Gasteiger partial charge on any atom is 0.226 e. The number of terminal acetylenes is 1. The number of carbonyl (C=O) groups excluding carboxylic acids is 1. The second-order valence-electron chi connectivity index (χ2n) is 3.27. The Hall–Kier alpha value is -1.01. The fourth-order valence-electron chi connectivity index (χ4n) is 0.866. The molecule has 0 aromatic carbocycles. The van der Waals surface area contributed by atoms with Gasteiger partial charge in [-0.3, -0.25) is 4.79 Å². The lowest BCUT2D eigenvalue weighted by Gasteiger charge is -2.22. The van der Waals surface area contributed by atoms with Crippen molar-refractivity contribution in [2.75, 3.05) is 20.1 Å². The molecule has 0 saturated heterocycles. The van der Waals surface area contributed by atoms with Crippen LogP contribution in [0.25, 0.3) is 0 Å². The van der Waals surface area contributed by atoms with Crippen molar-refractivity contribution in [2.45, 2.75) is 13.8 Å². The molecule has 12 heavy (non-hydrogen) atoms. The number of amides is 1. The normalized spacial score (nSPS) is 10.5. The minimum absolute atomic E-state index is 0.0204. The van der Waals surface area contributed by atoms with Gasteiger partial charge in [0.15, 0.2) is 0 Å². The van der Waals surface area contributed by atoms with E-state index in [0.29, 0.717) is 13.1 Å². The summed E-state index contributed by atoms with van der Waals surface area (Å²) in [6, 6.07) is 0. The van der Waals surface area contributed by atoms with Crippen LogP contribution in [0, 0.1) is 17.8 Å². The molecule has 0 spiro atoms. The molecule has 0 saturated carbocycles. The van der Waals surface area contributed by atoms with E-state index in [1.54, 1.807) is 7.05 Å². The highest BCUT2D eigenvalue weighted by molar-refractivity contribution is 5.81. The van der Waals surface area contributed by atoms with Crippen molar-refractivity contribution in [3.05, 3.63) is 0 Å². The lowest BCUT2D eigenvalue weighted by Crippen LogP contribution is -2.42. The van der Waals surface area contributed by atoms with Crippen molar-refractivity contribution in [1.82, 2.24) is 10.6 Å². The molecule has 0 rings (SSSR count). The van der Waals surface area contributed by atoms with Crippen LogP contribution in [0.1, 0.15) is 13.8 Å². The summed E-state index contributed by atoms with van der Waals surface area (Å²) < 4.78 is 0. The number of rotatable bonds is 4. The lowest BCUT2D eigenvalue weighted by molar-refractivity contribution is -0.128. The molecule has 0 unspecified atom stereocenters. The van der Waals surface area contributed by atoms with Crippen LogP contribution in [0.3, 0.4) is 0 Å². The summed E-state index contributed by atoms with van der Waals surface area (Å²) in [5, 5.41) is 5.60. The Morgan fingerprint density at radius 3 is 2.58 bits per heavy atom. The van der Waals surface area contributed by atoms with Crippen molar-refractivity contribution in [2.24, 2.45) is 5.41 Å². The molecule has 0 aliphatic rings. The van der Waals surface area contributed by atoms with Gasteiger partial charge in [-0.15, -0.1) is 6.42 Å². The summed E-state index contributed by atoms with van der Waals surface area (Å²) in [6.07, 6.45) is 5.05. The van der Waals surface area contributed by atoms with Crippen molar-refractivity contribution in [3.8, 4) is 12.3 Å². The molecule has 0 aliphatic carbocycles. The standard InChI is InChI=1S/C9H16N2O/c1-5-6-11-7-9(2,3)8(12)10-4/h1,11H,6-7H2,2-4H3,(H,10,12). The Bertz CT molecular complexity index is 191. The lowest BCUT2D eigenvalue weighted by atomic mass is 9.92. The average molecular weight is 168 g/mol. The van der Waals surface area contributed by atoms with E-state index in [-0.39, 0.29) is 5.91 Å². The van der Waals surface area contributed by atoms with Gasteiger partial charge in [-0.25, -0.2) is 0 Å². The monoisotopic (exact) mass is 168 g/mol. The van der Waals surface area contributed by atoms with Gasteiger partial charge in [0.2, 0.25) is 5.91 Å². The predicted octanol–water partition coefficient (Wildman–Crippen LogP) is -0.0186. The summed E-state index contributed by atoms with van der Waals surface area (Å²) in [6.45, 7) is 4.84. The van der Waals surface area contributed by atoms with Crippen LogP contribution >= 0.6 is 0 Å². The van der Waals surface area contributed by atoms with Gasteiger partial charge in [0.05, 0.1) is 12.0 Å². The quantitative estimate of drug-likeness (QED) is 0.457.